The van der Waals surface area contributed by atoms with Gasteiger partial charge in [-0.1, -0.05) is 43.6 Å². The van der Waals surface area contributed by atoms with Crippen LogP contribution in [-0.2, 0) is 0 Å². The Morgan fingerprint density at radius 1 is 0.810 bits per heavy atom. The Morgan fingerprint density at radius 2 is 1.19 bits per heavy atom. The maximum absolute atomic E-state index is 3.99. The van der Waals surface area contributed by atoms with Crippen LogP contribution in [0.25, 0.3) is 0 Å². The lowest BCUT2D eigenvalue weighted by molar-refractivity contribution is 0.296. The normalized spacial score (nSPS) is 15.1. The van der Waals surface area contributed by atoms with Crippen molar-refractivity contribution in [3.8, 4) is 0 Å². The second-order valence-corrected chi connectivity index (χ2v) is 9.22. The molecule has 0 saturated heterocycles. The van der Waals surface area contributed by atoms with E-state index in [-0.39, 0.29) is 0 Å². The molecule has 1 aromatic rings. The van der Waals surface area contributed by atoms with Crippen molar-refractivity contribution >= 4 is 15.9 Å². The Hall–Kier alpha value is -0.300. The molecule has 0 nitrogen and oxygen atoms in total. The molecule has 1 aromatic carbocycles. The molecule has 0 fully saturated rings. The summed E-state index contributed by atoms with van der Waals surface area (Å²) in [7, 11) is 0. The van der Waals surface area contributed by atoms with Crippen molar-refractivity contribution in [3.63, 3.8) is 0 Å². The van der Waals surface area contributed by atoms with Crippen LogP contribution in [0.5, 0.6) is 0 Å². The van der Waals surface area contributed by atoms with Crippen molar-refractivity contribution in [3.05, 3.63) is 33.4 Å². The van der Waals surface area contributed by atoms with Crippen molar-refractivity contribution in [1.29, 1.82) is 0 Å². The van der Waals surface area contributed by atoms with Gasteiger partial charge in [-0.05, 0) is 92.2 Å². The van der Waals surface area contributed by atoms with Gasteiger partial charge in [0.1, 0.15) is 0 Å². The van der Waals surface area contributed by atoms with E-state index in [9.17, 15) is 0 Å². The zero-order chi connectivity index (χ0) is 16.5. The topological polar surface area (TPSA) is 0 Å². The highest BCUT2D eigenvalue weighted by atomic mass is 79.9. The van der Waals surface area contributed by atoms with Crippen molar-refractivity contribution in [2.75, 3.05) is 0 Å². The molecule has 0 aliphatic rings. The van der Waals surface area contributed by atoms with Gasteiger partial charge < -0.3 is 0 Å². The van der Waals surface area contributed by atoms with Crippen molar-refractivity contribution < 1.29 is 0 Å². The van der Waals surface area contributed by atoms with Gasteiger partial charge in [0, 0.05) is 4.83 Å². The van der Waals surface area contributed by atoms with Gasteiger partial charge in [0.25, 0.3) is 0 Å². The second-order valence-electron chi connectivity index (χ2n) is 8.11. The van der Waals surface area contributed by atoms with E-state index in [0.717, 1.165) is 5.92 Å². The lowest BCUT2D eigenvalue weighted by Gasteiger charge is -2.27. The van der Waals surface area contributed by atoms with Gasteiger partial charge >= 0.3 is 0 Å². The van der Waals surface area contributed by atoms with E-state index in [4.69, 9.17) is 0 Å². The summed E-state index contributed by atoms with van der Waals surface area (Å²) >= 11 is 3.99. The van der Waals surface area contributed by atoms with E-state index in [0.29, 0.717) is 10.2 Å². The molecule has 0 spiro atoms. The zero-order valence-corrected chi connectivity index (χ0v) is 17.0. The summed E-state index contributed by atoms with van der Waals surface area (Å²) in [6.07, 6.45) is 2.48. The summed E-state index contributed by atoms with van der Waals surface area (Å²) < 4.78 is 0. The summed E-state index contributed by atoms with van der Waals surface area (Å²) in [5.41, 5.74) is 9.26. The van der Waals surface area contributed by atoms with Crippen LogP contribution in [0, 0.1) is 46.0 Å². The molecular weight excluding hydrogens is 320 g/mol. The van der Waals surface area contributed by atoms with Crippen molar-refractivity contribution in [1.82, 2.24) is 0 Å². The molecule has 0 aromatic heterocycles. The predicted octanol–water partition coefficient (Wildman–Crippen LogP) is 7.13. The number of halogens is 1. The summed E-state index contributed by atoms with van der Waals surface area (Å²) in [6, 6.07) is 0. The average Bonchev–Trinajstić information content (AvgIpc) is 2.31. The minimum atomic E-state index is 0.412. The summed E-state index contributed by atoms with van der Waals surface area (Å²) in [4.78, 5) is 0.466. The van der Waals surface area contributed by atoms with Crippen LogP contribution in [0.1, 0.15) is 78.7 Å². The van der Waals surface area contributed by atoms with Crippen LogP contribution in [0.4, 0.5) is 0 Å². The molecule has 0 bridgehead atoms. The van der Waals surface area contributed by atoms with Gasteiger partial charge in [-0.25, -0.2) is 0 Å². The summed E-state index contributed by atoms with van der Waals surface area (Å²) in [6.45, 7) is 20.7. The number of rotatable bonds is 4. The maximum atomic E-state index is 3.99. The van der Waals surface area contributed by atoms with E-state index in [2.05, 4.69) is 78.2 Å². The van der Waals surface area contributed by atoms with Crippen LogP contribution in [0.3, 0.4) is 0 Å². The quantitative estimate of drug-likeness (QED) is 0.505. The predicted molar refractivity (Wildman–Crippen MR) is 99.6 cm³/mol. The lowest BCUT2D eigenvalue weighted by atomic mass is 9.81. The molecule has 0 amide bonds. The van der Waals surface area contributed by atoms with Crippen LogP contribution in [0.15, 0.2) is 0 Å². The highest BCUT2D eigenvalue weighted by Crippen LogP contribution is 2.40. The fourth-order valence-electron chi connectivity index (χ4n) is 3.60. The molecule has 0 heterocycles. The number of hydrogen-bond donors (Lipinski definition) is 0. The zero-order valence-electron chi connectivity index (χ0n) is 15.4. The first-order chi connectivity index (χ1) is 9.45. The standard InChI is InChI=1S/C20H33Br/c1-12(11-20(7,8)9)10-18(21)19-16(5)14(3)13(2)15(4)17(19)6/h12,18H,10-11H2,1-9H3. The van der Waals surface area contributed by atoms with Crippen molar-refractivity contribution in [2.45, 2.75) is 80.0 Å². The molecule has 1 heteroatoms. The molecule has 0 N–H and O–H groups in total. The van der Waals surface area contributed by atoms with Gasteiger partial charge in [0.05, 0.1) is 0 Å². The molecule has 0 saturated carbocycles. The monoisotopic (exact) mass is 352 g/mol. The largest absolute Gasteiger partial charge is 0.0838 e. The van der Waals surface area contributed by atoms with Gasteiger partial charge in [0.2, 0.25) is 0 Å². The van der Waals surface area contributed by atoms with Crippen LogP contribution < -0.4 is 0 Å². The lowest BCUT2D eigenvalue weighted by Crippen LogP contribution is -2.13. The van der Waals surface area contributed by atoms with Gasteiger partial charge in [-0.15, -0.1) is 0 Å². The second kappa shape index (κ2) is 6.86. The van der Waals surface area contributed by atoms with Crippen molar-refractivity contribution in [2.24, 2.45) is 11.3 Å². The number of alkyl halides is 1. The number of hydrogen-bond acceptors (Lipinski definition) is 0. The van der Waals surface area contributed by atoms with E-state index < -0.39 is 0 Å². The van der Waals surface area contributed by atoms with Gasteiger partial charge in [-0.3, -0.25) is 0 Å². The Balaban J connectivity index is 3.06. The molecule has 21 heavy (non-hydrogen) atoms. The highest BCUT2D eigenvalue weighted by molar-refractivity contribution is 9.09. The Morgan fingerprint density at radius 3 is 1.57 bits per heavy atom. The Labute approximate surface area is 140 Å². The average molecular weight is 353 g/mol. The number of benzene rings is 1. The molecular formula is C20H33Br. The summed E-state index contributed by atoms with van der Waals surface area (Å²) in [5, 5.41) is 0. The Bertz CT molecular complexity index is 477. The molecule has 0 radical (unpaired) electrons. The summed E-state index contributed by atoms with van der Waals surface area (Å²) in [5.74, 6) is 0.732. The smallest absolute Gasteiger partial charge is 0.0403 e. The first-order valence-corrected chi connectivity index (χ1v) is 9.08. The Kier molecular flexibility index (Phi) is 6.12. The molecule has 120 valence electrons. The molecule has 0 aliphatic carbocycles. The fourth-order valence-corrected chi connectivity index (χ4v) is 4.92. The third-order valence-electron chi connectivity index (χ3n) is 4.94. The molecule has 0 aliphatic heterocycles. The van der Waals surface area contributed by atoms with Crippen LogP contribution in [0.2, 0.25) is 0 Å². The molecule has 2 unspecified atom stereocenters. The molecule has 1 rings (SSSR count). The van der Waals surface area contributed by atoms with E-state index in [1.165, 1.54) is 46.2 Å². The highest BCUT2D eigenvalue weighted by Gasteiger charge is 2.22. The first kappa shape index (κ1) is 18.7. The van der Waals surface area contributed by atoms with Gasteiger partial charge in [0.15, 0.2) is 0 Å². The minimum Gasteiger partial charge on any atom is -0.0838 e. The molecule has 2 atom stereocenters. The fraction of sp³-hybridized carbons (Fsp3) is 0.700. The van der Waals surface area contributed by atoms with Crippen LogP contribution in [-0.4, -0.2) is 0 Å². The van der Waals surface area contributed by atoms with Crippen LogP contribution >= 0.6 is 15.9 Å². The maximum Gasteiger partial charge on any atom is 0.0403 e. The minimum absolute atomic E-state index is 0.412. The third-order valence-corrected chi connectivity index (χ3v) is 5.77. The SMILES string of the molecule is Cc1c(C)c(C)c(C(Br)CC(C)CC(C)(C)C)c(C)c1C. The first-order valence-electron chi connectivity index (χ1n) is 8.16. The third kappa shape index (κ3) is 4.58. The van der Waals surface area contributed by atoms with E-state index >= 15 is 0 Å². The van der Waals surface area contributed by atoms with Gasteiger partial charge in [-0.2, -0.15) is 0 Å². The van der Waals surface area contributed by atoms with E-state index in [1.807, 2.05) is 0 Å². The van der Waals surface area contributed by atoms with E-state index in [1.54, 1.807) is 0 Å².